The van der Waals surface area contributed by atoms with Crippen LogP contribution in [0, 0.1) is 0 Å². The van der Waals surface area contributed by atoms with E-state index in [0.717, 1.165) is 47.9 Å². The Balaban J connectivity index is 1.42. The molecule has 6 heteroatoms. The summed E-state index contributed by atoms with van der Waals surface area (Å²) in [5.41, 5.74) is 4.97. The fourth-order valence-corrected chi connectivity index (χ4v) is 3.78. The minimum atomic E-state index is 0.0522. The second-order valence-electron chi connectivity index (χ2n) is 7.33. The first-order chi connectivity index (χ1) is 12.7. The molecule has 6 nitrogen and oxygen atoms in total. The van der Waals surface area contributed by atoms with Crippen LogP contribution < -0.4 is 10.3 Å². The molecule has 0 amide bonds. The quantitative estimate of drug-likeness (QED) is 0.785. The topological polar surface area (TPSA) is 62.6 Å². The SMILES string of the molecule is COc1ccc(CN2CCc3nc4cc(C5CC5)[nH]n4c(=O)c3C2)cc1. The zero-order valence-corrected chi connectivity index (χ0v) is 14.9. The number of benzene rings is 1. The highest BCUT2D eigenvalue weighted by Gasteiger charge is 2.27. The van der Waals surface area contributed by atoms with E-state index < -0.39 is 0 Å². The minimum absolute atomic E-state index is 0.0522. The van der Waals surface area contributed by atoms with Gasteiger partial charge in [-0.15, -0.1) is 0 Å². The van der Waals surface area contributed by atoms with Crippen molar-refractivity contribution in [3.05, 3.63) is 63.2 Å². The van der Waals surface area contributed by atoms with Crippen molar-refractivity contribution in [1.29, 1.82) is 0 Å². The van der Waals surface area contributed by atoms with Crippen LogP contribution in [0.15, 0.2) is 35.1 Å². The van der Waals surface area contributed by atoms with Crippen LogP contribution in [0.5, 0.6) is 5.75 Å². The zero-order valence-electron chi connectivity index (χ0n) is 14.9. The monoisotopic (exact) mass is 350 g/mol. The van der Waals surface area contributed by atoms with Crippen LogP contribution in [0.4, 0.5) is 0 Å². The summed E-state index contributed by atoms with van der Waals surface area (Å²) < 4.78 is 6.84. The van der Waals surface area contributed by atoms with Crippen molar-refractivity contribution in [1.82, 2.24) is 19.5 Å². The van der Waals surface area contributed by atoms with E-state index in [2.05, 4.69) is 22.1 Å². The first-order valence-electron chi connectivity index (χ1n) is 9.20. The predicted octanol–water partition coefficient (Wildman–Crippen LogP) is 2.47. The number of methoxy groups -OCH3 is 1. The maximum atomic E-state index is 13.0. The average molecular weight is 350 g/mol. The molecule has 1 N–H and O–H groups in total. The normalized spacial score (nSPS) is 17.4. The van der Waals surface area contributed by atoms with Gasteiger partial charge < -0.3 is 4.74 Å². The van der Waals surface area contributed by atoms with Crippen LogP contribution in [0.3, 0.4) is 0 Å². The smallest absolute Gasteiger partial charge is 0.277 e. The Kier molecular flexibility index (Phi) is 3.60. The molecule has 1 fully saturated rings. The van der Waals surface area contributed by atoms with E-state index in [1.807, 2.05) is 18.2 Å². The van der Waals surface area contributed by atoms with E-state index in [-0.39, 0.29) is 5.56 Å². The lowest BCUT2D eigenvalue weighted by Gasteiger charge is -2.27. The Hall–Kier alpha value is -2.60. The van der Waals surface area contributed by atoms with Gasteiger partial charge in [0.1, 0.15) is 5.75 Å². The Bertz CT molecular complexity index is 1010. The van der Waals surface area contributed by atoms with Gasteiger partial charge in [0.05, 0.1) is 18.4 Å². The van der Waals surface area contributed by atoms with Crippen molar-refractivity contribution >= 4 is 5.65 Å². The van der Waals surface area contributed by atoms with Crippen LogP contribution in [0.2, 0.25) is 0 Å². The molecular formula is C20H22N4O2. The third-order valence-corrected chi connectivity index (χ3v) is 5.44. The van der Waals surface area contributed by atoms with Crippen LogP contribution in [0.1, 0.15) is 41.3 Å². The van der Waals surface area contributed by atoms with Crippen molar-refractivity contribution in [3.8, 4) is 5.75 Å². The maximum absolute atomic E-state index is 13.0. The van der Waals surface area contributed by atoms with Crippen LogP contribution in [-0.2, 0) is 19.5 Å². The second kappa shape index (κ2) is 5.99. The molecule has 3 heterocycles. The number of ether oxygens (including phenoxy) is 1. The molecule has 0 radical (unpaired) electrons. The third-order valence-electron chi connectivity index (χ3n) is 5.44. The van der Waals surface area contributed by atoms with Crippen molar-refractivity contribution in [2.45, 2.75) is 38.3 Å². The highest BCUT2D eigenvalue weighted by Crippen LogP contribution is 2.39. The standard InChI is InChI=1S/C20H22N4O2/c1-26-15-6-2-13(3-7-15)11-23-9-8-17-16(12-23)20(25)24-19(21-17)10-18(22-24)14-4-5-14/h2-3,6-7,10,14,22H,4-5,8-9,11-12H2,1H3. The number of hydrogen-bond donors (Lipinski definition) is 1. The van der Waals surface area contributed by atoms with Gasteiger partial charge in [0.2, 0.25) is 0 Å². The number of nitrogens with one attached hydrogen (secondary N) is 1. The molecule has 26 heavy (non-hydrogen) atoms. The Morgan fingerprint density at radius 3 is 2.81 bits per heavy atom. The molecule has 0 bridgehead atoms. The molecule has 2 aliphatic rings. The molecule has 1 aromatic carbocycles. The van der Waals surface area contributed by atoms with E-state index >= 15 is 0 Å². The molecule has 134 valence electrons. The molecule has 0 atom stereocenters. The van der Waals surface area contributed by atoms with E-state index in [0.29, 0.717) is 12.5 Å². The summed E-state index contributed by atoms with van der Waals surface area (Å²) in [5.74, 6) is 1.44. The van der Waals surface area contributed by atoms with E-state index in [9.17, 15) is 4.79 Å². The molecule has 3 aromatic rings. The summed E-state index contributed by atoms with van der Waals surface area (Å²) in [6.07, 6.45) is 3.23. The van der Waals surface area contributed by atoms with Gasteiger partial charge in [-0.1, -0.05) is 12.1 Å². The number of aromatic amines is 1. The highest BCUT2D eigenvalue weighted by molar-refractivity contribution is 5.44. The summed E-state index contributed by atoms with van der Waals surface area (Å²) in [5, 5.41) is 3.26. The largest absolute Gasteiger partial charge is 0.497 e. The lowest BCUT2D eigenvalue weighted by Crippen LogP contribution is -2.36. The fraction of sp³-hybridized carbons (Fsp3) is 0.400. The van der Waals surface area contributed by atoms with Crippen LogP contribution >= 0.6 is 0 Å². The molecular weight excluding hydrogens is 328 g/mol. The number of fused-ring (bicyclic) bond motifs is 2. The number of rotatable bonds is 4. The van der Waals surface area contributed by atoms with E-state index in [1.165, 1.54) is 18.4 Å². The van der Waals surface area contributed by atoms with Crippen molar-refractivity contribution < 1.29 is 4.74 Å². The molecule has 1 aliphatic carbocycles. The van der Waals surface area contributed by atoms with Crippen LogP contribution in [0.25, 0.3) is 5.65 Å². The molecule has 1 saturated carbocycles. The summed E-state index contributed by atoms with van der Waals surface area (Å²) in [4.78, 5) is 20.0. The minimum Gasteiger partial charge on any atom is -0.497 e. The Morgan fingerprint density at radius 2 is 2.08 bits per heavy atom. The van der Waals surface area contributed by atoms with Gasteiger partial charge in [0, 0.05) is 43.7 Å². The van der Waals surface area contributed by atoms with Crippen molar-refractivity contribution in [2.75, 3.05) is 13.7 Å². The number of H-pyrrole nitrogens is 1. The number of nitrogens with zero attached hydrogens (tertiary/aromatic N) is 3. The lowest BCUT2D eigenvalue weighted by atomic mass is 10.1. The second-order valence-corrected chi connectivity index (χ2v) is 7.33. The summed E-state index contributed by atoms with van der Waals surface area (Å²) >= 11 is 0. The molecule has 0 saturated heterocycles. The molecule has 0 spiro atoms. The van der Waals surface area contributed by atoms with Gasteiger partial charge in [-0.25, -0.2) is 9.50 Å². The van der Waals surface area contributed by atoms with Gasteiger partial charge >= 0.3 is 0 Å². The van der Waals surface area contributed by atoms with E-state index in [4.69, 9.17) is 9.72 Å². The summed E-state index contributed by atoms with van der Waals surface area (Å²) in [6.45, 7) is 2.39. The summed E-state index contributed by atoms with van der Waals surface area (Å²) in [6, 6.07) is 10.2. The first kappa shape index (κ1) is 15.6. The molecule has 0 unspecified atom stereocenters. The zero-order chi connectivity index (χ0) is 17.7. The summed E-state index contributed by atoms with van der Waals surface area (Å²) in [7, 11) is 1.67. The van der Waals surface area contributed by atoms with Gasteiger partial charge in [-0.2, -0.15) is 0 Å². The van der Waals surface area contributed by atoms with E-state index in [1.54, 1.807) is 11.6 Å². The van der Waals surface area contributed by atoms with Crippen molar-refractivity contribution in [2.24, 2.45) is 0 Å². The number of aromatic nitrogens is 3. The predicted molar refractivity (Wildman–Crippen MR) is 98.6 cm³/mol. The van der Waals surface area contributed by atoms with Gasteiger partial charge in [0.25, 0.3) is 5.56 Å². The van der Waals surface area contributed by atoms with Crippen LogP contribution in [-0.4, -0.2) is 33.2 Å². The highest BCUT2D eigenvalue weighted by atomic mass is 16.5. The van der Waals surface area contributed by atoms with Gasteiger partial charge in [0.15, 0.2) is 5.65 Å². The fourth-order valence-electron chi connectivity index (χ4n) is 3.78. The molecule has 5 rings (SSSR count). The van der Waals surface area contributed by atoms with Gasteiger partial charge in [-0.05, 0) is 30.5 Å². The first-order valence-corrected chi connectivity index (χ1v) is 9.20. The molecule has 1 aliphatic heterocycles. The number of hydrogen-bond acceptors (Lipinski definition) is 4. The maximum Gasteiger partial charge on any atom is 0.277 e. The average Bonchev–Trinajstić information content (AvgIpc) is 3.43. The van der Waals surface area contributed by atoms with Crippen molar-refractivity contribution in [3.63, 3.8) is 0 Å². The Labute approximate surface area is 151 Å². The molecule has 2 aromatic heterocycles. The lowest BCUT2D eigenvalue weighted by molar-refractivity contribution is 0.241. The third kappa shape index (κ3) is 2.70. The Morgan fingerprint density at radius 1 is 1.27 bits per heavy atom. The van der Waals surface area contributed by atoms with Gasteiger partial charge in [-0.3, -0.25) is 14.8 Å².